The lowest BCUT2D eigenvalue weighted by Crippen LogP contribution is -2.36. The third-order valence-electron chi connectivity index (χ3n) is 7.77. The number of nitrogens with zero attached hydrogens (tertiary/aromatic N) is 1. The number of carbonyl (C=O) groups excluding carboxylic acids is 1. The number of H-pyrrole nitrogens is 1. The van der Waals surface area contributed by atoms with Gasteiger partial charge in [0.05, 0.1) is 28.2 Å². The van der Waals surface area contributed by atoms with Gasteiger partial charge in [-0.2, -0.15) is 0 Å². The number of benzene rings is 2. The van der Waals surface area contributed by atoms with Crippen LogP contribution in [0.2, 0.25) is 0 Å². The van der Waals surface area contributed by atoms with Gasteiger partial charge in [-0.1, -0.05) is 6.92 Å². The van der Waals surface area contributed by atoms with Crippen molar-refractivity contribution >= 4 is 27.8 Å². The quantitative estimate of drug-likeness (QED) is 0.357. The van der Waals surface area contributed by atoms with E-state index in [1.165, 1.54) is 6.07 Å². The molecule has 0 aliphatic carbocycles. The number of piperidine rings is 1. The molecule has 9 heteroatoms. The Bertz CT molecular complexity index is 1310. The fourth-order valence-electron chi connectivity index (χ4n) is 5.73. The van der Waals surface area contributed by atoms with Crippen molar-refractivity contribution in [1.29, 1.82) is 0 Å². The van der Waals surface area contributed by atoms with Crippen LogP contribution in [0.3, 0.4) is 0 Å². The first-order chi connectivity index (χ1) is 18.4. The third kappa shape index (κ3) is 6.17. The number of hydrogen-bond acceptors (Lipinski definition) is 4. The number of carbonyl (C=O) groups is 1. The van der Waals surface area contributed by atoms with Crippen molar-refractivity contribution in [2.75, 3.05) is 32.0 Å². The van der Waals surface area contributed by atoms with Crippen LogP contribution in [-0.2, 0) is 28.7 Å². The maximum absolute atomic E-state index is 14.7. The molecule has 3 heterocycles. The first-order valence-electron chi connectivity index (χ1n) is 13.6. The van der Waals surface area contributed by atoms with Crippen molar-refractivity contribution in [3.8, 4) is 11.1 Å². The molecule has 2 atom stereocenters. The summed E-state index contributed by atoms with van der Waals surface area (Å²) < 4.78 is 34.6. The molecule has 1 aromatic heterocycles. The van der Waals surface area contributed by atoms with E-state index in [2.05, 4.69) is 14.6 Å². The molecule has 0 bridgehead atoms. The summed E-state index contributed by atoms with van der Waals surface area (Å²) >= 11 is 0. The zero-order chi connectivity index (χ0) is 26.6. The van der Waals surface area contributed by atoms with Gasteiger partial charge in [0.15, 0.2) is 0 Å². The molecule has 1 unspecified atom stereocenters. The van der Waals surface area contributed by atoms with Crippen LogP contribution < -0.4 is 11.1 Å². The van der Waals surface area contributed by atoms with Crippen LogP contribution in [-0.4, -0.2) is 57.5 Å². The van der Waals surface area contributed by atoms with Crippen LogP contribution in [0.25, 0.3) is 22.0 Å². The second-order valence-electron chi connectivity index (χ2n) is 10.4. The Hall–Kier alpha value is -2.59. The Kier molecular flexibility index (Phi) is 8.57. The van der Waals surface area contributed by atoms with Crippen molar-refractivity contribution in [3.63, 3.8) is 0 Å². The largest absolute Gasteiger partial charge is 0.377 e. The molecule has 2 aliphatic rings. The molecular formula is C29H37FN4O3S. The number of aromatic nitrogens is 1. The van der Waals surface area contributed by atoms with Gasteiger partial charge in [0.1, 0.15) is 5.82 Å². The van der Waals surface area contributed by atoms with Gasteiger partial charge in [0, 0.05) is 50.1 Å². The molecule has 2 saturated heterocycles. The van der Waals surface area contributed by atoms with Gasteiger partial charge in [-0.15, -0.1) is 0 Å². The molecule has 2 aromatic carbocycles. The van der Waals surface area contributed by atoms with Crippen molar-refractivity contribution in [1.82, 2.24) is 14.6 Å². The van der Waals surface area contributed by atoms with E-state index >= 15 is 0 Å². The highest BCUT2D eigenvalue weighted by Gasteiger charge is 2.24. The molecule has 3 aromatic rings. The van der Waals surface area contributed by atoms with E-state index in [1.54, 1.807) is 12.1 Å². The van der Waals surface area contributed by atoms with Gasteiger partial charge < -0.3 is 20.8 Å². The monoisotopic (exact) mass is 540 g/mol. The minimum atomic E-state index is -0.895. The van der Waals surface area contributed by atoms with Gasteiger partial charge in [0.2, 0.25) is 0 Å². The Labute approximate surface area is 225 Å². The SMILES string of the molecule is CCS(=O)N1CCC(Cc2c[nH]c3c(C(N)=O)cc(-c4cc(F)cc(CNC[C@H]5CCCO5)c4)cc23)CC1. The lowest BCUT2D eigenvalue weighted by atomic mass is 9.89. The Morgan fingerprint density at radius 3 is 2.68 bits per heavy atom. The number of nitrogens with one attached hydrogen (secondary N) is 2. The van der Waals surface area contributed by atoms with E-state index in [9.17, 15) is 13.4 Å². The third-order valence-corrected chi connectivity index (χ3v) is 9.21. The molecule has 2 aliphatic heterocycles. The molecule has 0 saturated carbocycles. The smallest absolute Gasteiger partial charge is 0.250 e. The fraction of sp³-hybridized carbons (Fsp3) is 0.483. The van der Waals surface area contributed by atoms with Crippen LogP contribution in [0, 0.1) is 11.7 Å². The molecule has 7 nitrogen and oxygen atoms in total. The first-order valence-corrected chi connectivity index (χ1v) is 14.9. The van der Waals surface area contributed by atoms with E-state index in [1.807, 2.05) is 25.3 Å². The number of halogens is 1. The highest BCUT2D eigenvalue weighted by atomic mass is 32.2. The van der Waals surface area contributed by atoms with E-state index in [0.717, 1.165) is 85.9 Å². The second kappa shape index (κ2) is 12.1. The lowest BCUT2D eigenvalue weighted by molar-refractivity contribution is 0.100. The summed E-state index contributed by atoms with van der Waals surface area (Å²) in [5.74, 6) is 0.284. The van der Waals surface area contributed by atoms with Crippen LogP contribution >= 0.6 is 0 Å². The minimum Gasteiger partial charge on any atom is -0.377 e. The average molecular weight is 541 g/mol. The molecule has 0 spiro atoms. The summed E-state index contributed by atoms with van der Waals surface area (Å²) in [4.78, 5) is 15.7. The second-order valence-corrected chi connectivity index (χ2v) is 12.2. The number of ether oxygens (including phenoxy) is 1. The van der Waals surface area contributed by atoms with Crippen molar-refractivity contribution < 1.29 is 18.1 Å². The van der Waals surface area contributed by atoms with Crippen LogP contribution in [0.15, 0.2) is 36.5 Å². The maximum Gasteiger partial charge on any atom is 0.250 e. The van der Waals surface area contributed by atoms with Gasteiger partial charge in [-0.05, 0) is 90.6 Å². The van der Waals surface area contributed by atoms with Crippen LogP contribution in [0.4, 0.5) is 4.39 Å². The number of fused-ring (bicyclic) bond motifs is 1. The molecule has 1 amide bonds. The van der Waals surface area contributed by atoms with E-state index < -0.39 is 16.9 Å². The predicted octanol–water partition coefficient (Wildman–Crippen LogP) is 4.28. The van der Waals surface area contributed by atoms with Gasteiger partial charge in [-0.3, -0.25) is 4.79 Å². The van der Waals surface area contributed by atoms with Crippen LogP contribution in [0.1, 0.15) is 54.1 Å². The summed E-state index contributed by atoms with van der Waals surface area (Å²) in [6, 6.07) is 8.80. The molecule has 0 radical (unpaired) electrons. The molecule has 38 heavy (non-hydrogen) atoms. The highest BCUT2D eigenvalue weighted by molar-refractivity contribution is 7.82. The van der Waals surface area contributed by atoms with Crippen molar-refractivity contribution in [2.45, 2.75) is 51.7 Å². The number of primary amides is 1. The summed E-state index contributed by atoms with van der Waals surface area (Å²) in [6.45, 7) is 5.69. The maximum atomic E-state index is 14.7. The summed E-state index contributed by atoms with van der Waals surface area (Å²) in [5.41, 5.74) is 10.3. The van der Waals surface area contributed by atoms with E-state index in [0.29, 0.717) is 29.3 Å². The minimum absolute atomic E-state index is 0.219. The molecule has 5 rings (SSSR count). The highest BCUT2D eigenvalue weighted by Crippen LogP contribution is 2.33. The fourth-order valence-corrected chi connectivity index (χ4v) is 6.71. The van der Waals surface area contributed by atoms with Gasteiger partial charge in [-0.25, -0.2) is 12.9 Å². The summed E-state index contributed by atoms with van der Waals surface area (Å²) in [7, 11) is -0.895. The molecule has 4 N–H and O–H groups in total. The Morgan fingerprint density at radius 1 is 1.18 bits per heavy atom. The standard InChI is InChI=1S/C29H37FN4O3S/c1-2-38(36)34-7-5-19(6-8-34)10-23-17-33-28-26(23)14-22(15-27(28)29(31)35)21-11-20(12-24(30)13-21)16-32-18-25-4-3-9-37-25/h11-15,17,19,25,32-33H,2-10,16,18H2,1H3,(H2,31,35)/t25-,38?/m1/s1. The Morgan fingerprint density at radius 2 is 1.97 bits per heavy atom. The normalized spacial score (nSPS) is 19.8. The van der Waals surface area contributed by atoms with E-state index in [4.69, 9.17) is 10.5 Å². The van der Waals surface area contributed by atoms with Crippen molar-refractivity contribution in [2.24, 2.45) is 11.7 Å². The molecule has 204 valence electrons. The average Bonchev–Trinajstić information content (AvgIpc) is 3.58. The van der Waals surface area contributed by atoms with Crippen LogP contribution in [0.5, 0.6) is 0 Å². The molecular weight excluding hydrogens is 503 g/mol. The number of hydrogen-bond donors (Lipinski definition) is 3. The topological polar surface area (TPSA) is 100 Å². The number of aromatic amines is 1. The molecule has 2 fully saturated rings. The zero-order valence-electron chi connectivity index (χ0n) is 21.9. The number of nitrogens with two attached hydrogens (primary N) is 1. The zero-order valence-corrected chi connectivity index (χ0v) is 22.7. The predicted molar refractivity (Wildman–Crippen MR) is 150 cm³/mol. The van der Waals surface area contributed by atoms with Crippen molar-refractivity contribution in [3.05, 3.63) is 59.0 Å². The van der Waals surface area contributed by atoms with Gasteiger partial charge in [0.25, 0.3) is 5.91 Å². The number of amides is 1. The summed E-state index contributed by atoms with van der Waals surface area (Å²) in [5, 5.41) is 4.32. The Balaban J connectivity index is 1.38. The lowest BCUT2D eigenvalue weighted by Gasteiger charge is -2.30. The van der Waals surface area contributed by atoms with E-state index in [-0.39, 0.29) is 11.9 Å². The first kappa shape index (κ1) is 27.0. The number of rotatable bonds is 10. The summed E-state index contributed by atoms with van der Waals surface area (Å²) in [6.07, 6.45) is 7.13. The van der Waals surface area contributed by atoms with Gasteiger partial charge >= 0.3 is 0 Å².